The van der Waals surface area contributed by atoms with Gasteiger partial charge in [0.2, 0.25) is 0 Å². The summed E-state index contributed by atoms with van der Waals surface area (Å²) in [5, 5.41) is 64.4. The molecule has 0 aliphatic heterocycles. The van der Waals surface area contributed by atoms with E-state index in [1.807, 2.05) is 0 Å². The molecule has 0 heterocycles. The van der Waals surface area contributed by atoms with Gasteiger partial charge >= 0.3 is 0 Å². The van der Waals surface area contributed by atoms with Crippen molar-refractivity contribution in [2.45, 2.75) is 9.79 Å². The maximum Gasteiger partial charge on any atom is 0.296 e. The molecule has 0 fully saturated rings. The molecule has 0 saturated carbocycles. The van der Waals surface area contributed by atoms with Crippen LogP contribution in [0.3, 0.4) is 0 Å². The smallest absolute Gasteiger partial charge is 0.296 e. The Morgan fingerprint density at radius 3 is 1.38 bits per heavy atom. The van der Waals surface area contributed by atoms with Gasteiger partial charge in [0.15, 0.2) is 11.4 Å². The average Bonchev–Trinajstić information content (AvgIpc) is 3.08. The second-order valence-corrected chi connectivity index (χ2v) is 13.1. The molecule has 0 aliphatic rings. The van der Waals surface area contributed by atoms with Crippen LogP contribution in [0.15, 0.2) is 127 Å². The number of azo groups is 2. The van der Waals surface area contributed by atoms with Crippen LogP contribution < -0.4 is 10.6 Å². The molecule has 0 spiro atoms. The molecule has 23 heteroatoms. The van der Waals surface area contributed by atoms with Gasteiger partial charge in [-0.05, 0) is 72.8 Å². The summed E-state index contributed by atoms with van der Waals surface area (Å²) in [6.45, 7) is 0. The molecule has 5 rings (SSSR count). The van der Waals surface area contributed by atoms with Gasteiger partial charge in [-0.3, -0.25) is 29.3 Å². The van der Waals surface area contributed by atoms with Gasteiger partial charge in [-0.25, -0.2) is 0 Å². The Balaban J connectivity index is 0.00000627. The van der Waals surface area contributed by atoms with Crippen molar-refractivity contribution < 1.29 is 46.0 Å². The first-order valence-corrected chi connectivity index (χ1v) is 17.0. The summed E-state index contributed by atoms with van der Waals surface area (Å²) in [7, 11) is -9.62. The minimum atomic E-state index is -4.81. The molecule has 0 unspecified atom stereocenters. The van der Waals surface area contributed by atoms with Crippen LogP contribution in [-0.2, 0) is 20.2 Å². The van der Waals surface area contributed by atoms with Gasteiger partial charge in [0.25, 0.3) is 31.6 Å². The van der Waals surface area contributed by atoms with Crippen molar-refractivity contribution in [1.29, 1.82) is 0 Å². The largest absolute Gasteiger partial charge is 0.505 e. The number of phenolic OH excluding ortho intramolecular Hbond substituents is 2. The number of benzene rings is 5. The number of anilines is 4. The van der Waals surface area contributed by atoms with E-state index in [1.165, 1.54) is 60.7 Å². The van der Waals surface area contributed by atoms with Crippen LogP contribution in [0.4, 0.5) is 56.9 Å². The van der Waals surface area contributed by atoms with Crippen molar-refractivity contribution in [1.82, 2.24) is 0 Å². The third-order valence-corrected chi connectivity index (χ3v) is 8.63. The number of phenols is 2. The number of nitrogens with zero attached hydrogens (tertiary/aromatic N) is 6. The number of nitro benzene ring substituents is 2. The van der Waals surface area contributed by atoms with Crippen molar-refractivity contribution in [3.8, 4) is 11.5 Å². The summed E-state index contributed by atoms with van der Waals surface area (Å²) >= 11 is 0. The quantitative estimate of drug-likeness (QED) is 0.0237. The van der Waals surface area contributed by atoms with E-state index >= 15 is 0 Å². The Hall–Kier alpha value is -5.88. The molecule has 0 saturated heterocycles. The number of non-ortho nitro benzene ring substituents is 2. The maximum absolute atomic E-state index is 11.8. The zero-order chi connectivity index (χ0) is 37.8. The van der Waals surface area contributed by atoms with Gasteiger partial charge in [-0.15, -0.1) is 10.2 Å². The van der Waals surface area contributed by atoms with E-state index in [9.17, 15) is 56.4 Å². The van der Waals surface area contributed by atoms with E-state index in [2.05, 4.69) is 31.1 Å². The molecular weight excluding hydrogens is 751 g/mol. The molecule has 5 aromatic rings. The molecular formula is C30H22N8NaO12S2. The van der Waals surface area contributed by atoms with Gasteiger partial charge < -0.3 is 20.8 Å². The minimum Gasteiger partial charge on any atom is -0.505 e. The summed E-state index contributed by atoms with van der Waals surface area (Å²) < 4.78 is 66.2. The van der Waals surface area contributed by atoms with Crippen molar-refractivity contribution in [2.24, 2.45) is 20.5 Å². The minimum absolute atomic E-state index is 0. The standard InChI is InChI=1S/C30H22N8O12S2.Na/c39-26-14-13-25(35-33-19-5-1-17(2-6-19)31-23-11-9-21(37(41)42)15-27(23)51(45,46)47)30(40)29(26)36-34-20-7-3-18(4-8-20)32-24-12-10-22(38(43)44)16-28(24)52(48,49)50;/h1-16,31-32,39-40H,(H,45,46,47)(H,48,49,50);. The Kier molecular flexibility index (Phi) is 12.2. The predicted octanol–water partition coefficient (Wildman–Crippen LogP) is 7.34. The normalized spacial score (nSPS) is 11.7. The molecule has 0 atom stereocenters. The summed E-state index contributed by atoms with van der Waals surface area (Å²) in [5.41, 5.74) is -0.662. The van der Waals surface area contributed by atoms with Crippen LogP contribution >= 0.6 is 0 Å². The van der Waals surface area contributed by atoms with Crippen LogP contribution in [0.5, 0.6) is 11.5 Å². The average molecular weight is 774 g/mol. The zero-order valence-corrected chi connectivity index (χ0v) is 30.4. The summed E-state index contributed by atoms with van der Waals surface area (Å²) in [4.78, 5) is 19.0. The number of hydrogen-bond donors (Lipinski definition) is 6. The monoisotopic (exact) mass is 773 g/mol. The van der Waals surface area contributed by atoms with E-state index in [0.29, 0.717) is 23.5 Å². The fourth-order valence-electron chi connectivity index (χ4n) is 4.37. The molecule has 0 aromatic heterocycles. The second-order valence-electron chi connectivity index (χ2n) is 10.4. The summed E-state index contributed by atoms with van der Waals surface area (Å²) in [5.74, 6) is -1.02. The number of nitrogens with one attached hydrogen (secondary N) is 2. The number of aromatic hydroxyl groups is 2. The first-order valence-electron chi connectivity index (χ1n) is 14.1. The molecule has 1 radical (unpaired) electrons. The van der Waals surface area contributed by atoms with E-state index in [4.69, 9.17) is 0 Å². The van der Waals surface area contributed by atoms with Gasteiger partial charge in [0.05, 0.1) is 32.6 Å². The molecule has 20 nitrogen and oxygen atoms in total. The van der Waals surface area contributed by atoms with Crippen LogP contribution in [0.25, 0.3) is 0 Å². The third-order valence-electron chi connectivity index (χ3n) is 6.85. The molecule has 0 amide bonds. The van der Waals surface area contributed by atoms with Crippen molar-refractivity contribution in [2.75, 3.05) is 10.6 Å². The topological polar surface area (TPSA) is 309 Å². The van der Waals surface area contributed by atoms with Crippen LogP contribution in [-0.4, -0.2) is 75.6 Å². The number of rotatable bonds is 12. The van der Waals surface area contributed by atoms with Gasteiger partial charge in [0, 0.05) is 65.2 Å². The van der Waals surface area contributed by atoms with E-state index < -0.39 is 62.7 Å². The fourth-order valence-corrected chi connectivity index (χ4v) is 5.71. The number of nitro groups is 2. The Morgan fingerprint density at radius 2 is 0.981 bits per heavy atom. The summed E-state index contributed by atoms with van der Waals surface area (Å²) in [6, 6.07) is 19.9. The van der Waals surface area contributed by atoms with Crippen molar-refractivity contribution in [3.63, 3.8) is 0 Å². The Bertz CT molecular complexity index is 2500. The molecule has 0 aliphatic carbocycles. The molecule has 53 heavy (non-hydrogen) atoms. The van der Waals surface area contributed by atoms with E-state index in [1.54, 1.807) is 0 Å². The zero-order valence-electron chi connectivity index (χ0n) is 26.8. The fraction of sp³-hybridized carbons (Fsp3) is 0. The SMILES string of the molecule is O=[N+]([O-])c1ccc(Nc2ccc(N=Nc3ccc(O)c(N=Nc4ccc(Nc5ccc([N+](=O)[O-])cc5S(=O)(=O)O)cc4)c3O)cc2)c(S(=O)(=O)O)c1.[Na]. The maximum atomic E-state index is 11.8. The predicted molar refractivity (Wildman–Crippen MR) is 189 cm³/mol. The Labute approximate surface area is 320 Å². The van der Waals surface area contributed by atoms with E-state index in [0.717, 1.165) is 24.3 Å². The van der Waals surface area contributed by atoms with Gasteiger partial charge in [0.1, 0.15) is 21.2 Å². The van der Waals surface area contributed by atoms with Crippen LogP contribution in [0.2, 0.25) is 0 Å². The first kappa shape index (κ1) is 39.9. The van der Waals surface area contributed by atoms with Crippen molar-refractivity contribution >= 4 is 107 Å². The molecule has 6 N–H and O–H groups in total. The van der Waals surface area contributed by atoms with Crippen molar-refractivity contribution in [3.05, 3.63) is 117 Å². The summed E-state index contributed by atoms with van der Waals surface area (Å²) in [6.07, 6.45) is 0. The third kappa shape index (κ3) is 9.92. The van der Waals surface area contributed by atoms with Crippen LogP contribution in [0.1, 0.15) is 0 Å². The Morgan fingerprint density at radius 1 is 0.566 bits per heavy atom. The molecule has 267 valence electrons. The molecule has 5 aromatic carbocycles. The van der Waals surface area contributed by atoms with E-state index in [-0.39, 0.29) is 63.7 Å². The van der Waals surface area contributed by atoms with Gasteiger partial charge in [-0.2, -0.15) is 27.1 Å². The van der Waals surface area contributed by atoms with Gasteiger partial charge in [-0.1, -0.05) is 0 Å². The van der Waals surface area contributed by atoms with Crippen LogP contribution in [0, 0.1) is 20.2 Å². The number of hydrogen-bond acceptors (Lipinski definition) is 16. The first-order chi connectivity index (χ1) is 24.5. The molecule has 0 bridgehead atoms. The second kappa shape index (κ2) is 16.2.